The summed E-state index contributed by atoms with van der Waals surface area (Å²) in [6.07, 6.45) is 0. The lowest BCUT2D eigenvalue weighted by atomic mass is 10.2. The molecule has 0 fully saturated rings. The van der Waals surface area contributed by atoms with Gasteiger partial charge in [-0.3, -0.25) is 4.72 Å². The third-order valence-electron chi connectivity index (χ3n) is 2.60. The highest BCUT2D eigenvalue weighted by Crippen LogP contribution is 2.25. The molecule has 0 aliphatic carbocycles. The molecule has 0 amide bonds. The van der Waals surface area contributed by atoms with Gasteiger partial charge in [0.2, 0.25) is 0 Å². The molecule has 1 aromatic heterocycles. The Morgan fingerprint density at radius 1 is 1.42 bits per heavy atom. The summed E-state index contributed by atoms with van der Waals surface area (Å²) in [5.74, 6) is -0.599. The second kappa shape index (κ2) is 5.28. The van der Waals surface area contributed by atoms with Crippen LogP contribution in [-0.2, 0) is 16.6 Å². The van der Waals surface area contributed by atoms with Crippen molar-refractivity contribution in [3.8, 4) is 0 Å². The number of anilines is 1. The van der Waals surface area contributed by atoms with Crippen LogP contribution in [0.2, 0.25) is 0 Å². The van der Waals surface area contributed by atoms with E-state index in [4.69, 9.17) is 5.73 Å². The van der Waals surface area contributed by atoms with Gasteiger partial charge in [-0.15, -0.1) is 11.3 Å². The number of rotatable bonds is 4. The van der Waals surface area contributed by atoms with Gasteiger partial charge in [-0.2, -0.15) is 0 Å². The summed E-state index contributed by atoms with van der Waals surface area (Å²) in [6.45, 7) is 1.92. The van der Waals surface area contributed by atoms with E-state index in [0.717, 1.165) is 4.88 Å². The Kier molecular flexibility index (Phi) is 3.88. The van der Waals surface area contributed by atoms with Gasteiger partial charge >= 0.3 is 0 Å². The molecule has 1 aromatic carbocycles. The maximum atomic E-state index is 13.6. The summed E-state index contributed by atoms with van der Waals surface area (Å²) in [5.41, 5.74) is 5.94. The summed E-state index contributed by atoms with van der Waals surface area (Å²) in [5, 5.41) is 1.49. The highest BCUT2D eigenvalue weighted by molar-refractivity contribution is 7.92. The molecule has 7 heteroatoms. The predicted octanol–water partition coefficient (Wildman–Crippen LogP) is 2.46. The van der Waals surface area contributed by atoms with Crippen LogP contribution in [0.1, 0.15) is 10.4 Å². The Balaban J connectivity index is 2.36. The number of nitrogens with one attached hydrogen (secondary N) is 1. The van der Waals surface area contributed by atoms with E-state index in [9.17, 15) is 12.8 Å². The monoisotopic (exact) mass is 300 g/mol. The van der Waals surface area contributed by atoms with Crippen molar-refractivity contribution in [3.63, 3.8) is 0 Å². The van der Waals surface area contributed by atoms with Gasteiger partial charge in [0, 0.05) is 16.8 Å². The molecule has 2 aromatic rings. The molecule has 0 unspecified atom stereocenters. The lowest BCUT2D eigenvalue weighted by Crippen LogP contribution is -2.14. The molecule has 0 aliphatic rings. The van der Waals surface area contributed by atoms with Gasteiger partial charge in [-0.05, 0) is 24.6 Å². The van der Waals surface area contributed by atoms with E-state index >= 15 is 0 Å². The van der Waals surface area contributed by atoms with Crippen molar-refractivity contribution < 1.29 is 12.8 Å². The Morgan fingerprint density at radius 2 is 2.16 bits per heavy atom. The molecule has 0 saturated carbocycles. The third kappa shape index (κ3) is 2.94. The summed E-state index contributed by atoms with van der Waals surface area (Å²) < 4.78 is 40.1. The van der Waals surface area contributed by atoms with Crippen molar-refractivity contribution in [1.29, 1.82) is 0 Å². The summed E-state index contributed by atoms with van der Waals surface area (Å²) >= 11 is 1.26. The fourth-order valence-corrected chi connectivity index (χ4v) is 3.86. The topological polar surface area (TPSA) is 72.2 Å². The number of aryl methyl sites for hydroxylation is 1. The number of para-hydroxylation sites is 1. The zero-order valence-corrected chi connectivity index (χ0v) is 11.8. The van der Waals surface area contributed by atoms with Crippen LogP contribution in [0, 0.1) is 12.7 Å². The average molecular weight is 300 g/mol. The minimum atomic E-state index is -3.78. The molecule has 3 N–H and O–H groups in total. The number of hydrogen-bond donors (Lipinski definition) is 2. The molecule has 0 radical (unpaired) electrons. The fourth-order valence-electron chi connectivity index (χ4n) is 1.56. The number of nitrogens with two attached hydrogens (primary N) is 1. The molecule has 2 rings (SSSR count). The Morgan fingerprint density at radius 3 is 2.74 bits per heavy atom. The maximum Gasteiger partial charge on any atom is 0.262 e. The van der Waals surface area contributed by atoms with Crippen molar-refractivity contribution in [2.24, 2.45) is 5.73 Å². The standard InChI is InChI=1S/C12H13FN2O2S2/c1-8-3-2-4-11(13)12(8)15-19(16,17)10-5-9(6-14)18-7-10/h2-5,7,15H,6,14H2,1H3. The summed E-state index contributed by atoms with van der Waals surface area (Å²) in [7, 11) is -3.78. The Labute approximate surface area is 115 Å². The van der Waals surface area contributed by atoms with Crippen LogP contribution in [0.15, 0.2) is 34.5 Å². The molecule has 0 saturated heterocycles. The quantitative estimate of drug-likeness (QED) is 0.911. The van der Waals surface area contributed by atoms with Gasteiger partial charge in [0.25, 0.3) is 10.0 Å². The maximum absolute atomic E-state index is 13.6. The molecular weight excluding hydrogens is 287 g/mol. The first-order valence-corrected chi connectivity index (χ1v) is 7.86. The van der Waals surface area contributed by atoms with Crippen molar-refractivity contribution >= 4 is 27.0 Å². The van der Waals surface area contributed by atoms with Crippen LogP contribution >= 0.6 is 11.3 Å². The smallest absolute Gasteiger partial charge is 0.262 e. The van der Waals surface area contributed by atoms with Crippen molar-refractivity contribution in [1.82, 2.24) is 0 Å². The molecule has 0 aliphatic heterocycles. The zero-order valence-electron chi connectivity index (χ0n) is 10.2. The molecule has 102 valence electrons. The molecule has 0 bridgehead atoms. The molecule has 0 spiro atoms. The van der Waals surface area contributed by atoms with Crippen molar-refractivity contribution in [2.75, 3.05) is 4.72 Å². The zero-order chi connectivity index (χ0) is 14.0. The van der Waals surface area contributed by atoms with Gasteiger partial charge in [0.05, 0.1) is 10.6 Å². The van der Waals surface area contributed by atoms with Crippen LogP contribution in [-0.4, -0.2) is 8.42 Å². The van der Waals surface area contributed by atoms with E-state index in [0.29, 0.717) is 5.56 Å². The van der Waals surface area contributed by atoms with Crippen molar-refractivity contribution in [2.45, 2.75) is 18.4 Å². The van der Waals surface area contributed by atoms with E-state index in [2.05, 4.69) is 4.72 Å². The normalized spacial score (nSPS) is 11.5. The molecule has 1 heterocycles. The number of hydrogen-bond acceptors (Lipinski definition) is 4. The summed E-state index contributed by atoms with van der Waals surface area (Å²) in [4.78, 5) is 0.853. The van der Waals surface area contributed by atoms with Gasteiger partial charge in [-0.1, -0.05) is 12.1 Å². The van der Waals surface area contributed by atoms with Crippen LogP contribution in [0.3, 0.4) is 0 Å². The third-order valence-corrected chi connectivity index (χ3v) is 5.04. The fraction of sp³-hybridized carbons (Fsp3) is 0.167. The highest BCUT2D eigenvalue weighted by atomic mass is 32.2. The minimum absolute atomic E-state index is 0.0250. The van der Waals surface area contributed by atoms with Crippen LogP contribution < -0.4 is 10.5 Å². The SMILES string of the molecule is Cc1cccc(F)c1NS(=O)(=O)c1csc(CN)c1. The van der Waals surface area contributed by atoms with Crippen LogP contribution in [0.25, 0.3) is 0 Å². The number of halogens is 1. The number of sulfonamides is 1. The Bertz CT molecular complexity index is 675. The van der Waals surface area contributed by atoms with Gasteiger partial charge in [-0.25, -0.2) is 12.8 Å². The van der Waals surface area contributed by atoms with E-state index in [-0.39, 0.29) is 17.1 Å². The van der Waals surface area contributed by atoms with E-state index in [1.807, 2.05) is 0 Å². The highest BCUT2D eigenvalue weighted by Gasteiger charge is 2.19. The van der Waals surface area contributed by atoms with Crippen LogP contribution in [0.5, 0.6) is 0 Å². The van der Waals surface area contributed by atoms with Crippen molar-refractivity contribution in [3.05, 3.63) is 45.9 Å². The Hall–Kier alpha value is -1.44. The molecule has 19 heavy (non-hydrogen) atoms. The minimum Gasteiger partial charge on any atom is -0.326 e. The predicted molar refractivity (Wildman–Crippen MR) is 74.2 cm³/mol. The average Bonchev–Trinajstić information content (AvgIpc) is 2.83. The first-order valence-electron chi connectivity index (χ1n) is 5.49. The van der Waals surface area contributed by atoms with E-state index in [1.54, 1.807) is 13.0 Å². The lowest BCUT2D eigenvalue weighted by molar-refractivity contribution is 0.598. The number of benzene rings is 1. The van der Waals surface area contributed by atoms with Gasteiger partial charge in [0.1, 0.15) is 5.82 Å². The summed E-state index contributed by atoms with van der Waals surface area (Å²) in [6, 6.07) is 5.87. The lowest BCUT2D eigenvalue weighted by Gasteiger charge is -2.10. The first-order chi connectivity index (χ1) is 8.94. The second-order valence-electron chi connectivity index (χ2n) is 3.99. The molecular formula is C12H13FN2O2S2. The molecule has 0 atom stereocenters. The second-order valence-corrected chi connectivity index (χ2v) is 6.67. The van der Waals surface area contributed by atoms with E-state index < -0.39 is 15.8 Å². The number of thiophene rings is 1. The first kappa shape index (κ1) is 14.0. The molecule has 4 nitrogen and oxygen atoms in total. The van der Waals surface area contributed by atoms with Crippen LogP contribution in [0.4, 0.5) is 10.1 Å². The van der Waals surface area contributed by atoms with Gasteiger partial charge < -0.3 is 5.73 Å². The largest absolute Gasteiger partial charge is 0.326 e. The van der Waals surface area contributed by atoms with Gasteiger partial charge in [0.15, 0.2) is 0 Å². The van der Waals surface area contributed by atoms with E-state index in [1.165, 1.54) is 34.9 Å².